The Hall–Kier alpha value is -2.55. The van der Waals surface area contributed by atoms with Crippen molar-refractivity contribution < 1.29 is 13.2 Å². The van der Waals surface area contributed by atoms with E-state index in [0.717, 1.165) is 24.1 Å². The Bertz CT molecular complexity index is 1220. The van der Waals surface area contributed by atoms with E-state index in [9.17, 15) is 13.2 Å². The van der Waals surface area contributed by atoms with Gasteiger partial charge in [0.15, 0.2) is 5.13 Å². The molecule has 1 N–H and O–H groups in total. The van der Waals surface area contributed by atoms with Crippen molar-refractivity contribution in [3.63, 3.8) is 0 Å². The molecule has 0 saturated carbocycles. The van der Waals surface area contributed by atoms with Crippen LogP contribution in [0.4, 0.5) is 5.13 Å². The highest BCUT2D eigenvalue weighted by molar-refractivity contribution is 7.89. The van der Waals surface area contributed by atoms with Crippen LogP contribution in [0.15, 0.2) is 59.5 Å². The fraction of sp³-hybridized carbons (Fsp3) is 0.304. The zero-order valence-corrected chi connectivity index (χ0v) is 18.6. The van der Waals surface area contributed by atoms with Crippen LogP contribution >= 0.6 is 11.3 Å². The van der Waals surface area contributed by atoms with Gasteiger partial charge in [0.25, 0.3) is 0 Å². The molecule has 1 amide bonds. The van der Waals surface area contributed by atoms with Crippen molar-refractivity contribution in [1.29, 1.82) is 0 Å². The van der Waals surface area contributed by atoms with Crippen LogP contribution in [0.5, 0.6) is 0 Å². The lowest BCUT2D eigenvalue weighted by atomic mass is 9.94. The molecule has 6 nitrogen and oxygen atoms in total. The Labute approximate surface area is 186 Å². The molecule has 1 aliphatic carbocycles. The van der Waals surface area contributed by atoms with E-state index in [1.807, 2.05) is 12.1 Å². The van der Waals surface area contributed by atoms with E-state index in [4.69, 9.17) is 4.98 Å². The number of aryl methyl sites for hydroxylation is 2. The number of hydrogen-bond donors (Lipinski definition) is 1. The number of sulfonamides is 1. The smallest absolute Gasteiger partial charge is 0.243 e. The van der Waals surface area contributed by atoms with Gasteiger partial charge in [-0.2, -0.15) is 4.31 Å². The number of nitrogens with zero attached hydrogens (tertiary/aromatic N) is 2. The summed E-state index contributed by atoms with van der Waals surface area (Å²) in [7, 11) is -3.60. The van der Waals surface area contributed by atoms with Gasteiger partial charge in [-0.3, -0.25) is 4.79 Å². The molecule has 1 aromatic heterocycles. The summed E-state index contributed by atoms with van der Waals surface area (Å²) in [4.78, 5) is 19.1. The maximum atomic E-state index is 13.0. The molecule has 1 atom stereocenters. The third-order valence-electron chi connectivity index (χ3n) is 5.96. The molecular weight excluding hydrogens is 430 g/mol. The Morgan fingerprint density at radius 1 is 1.06 bits per heavy atom. The second kappa shape index (κ2) is 8.18. The first-order valence-electron chi connectivity index (χ1n) is 10.5. The average Bonchev–Trinajstić information content (AvgIpc) is 3.23. The standard InChI is InChI=1S/C23H23N3O3S2/c27-22(17-8-6-14-26(15-17)31(28,29)18-9-2-1-3-10-18)25-23-24-21-19-11-5-4-7-16(19)12-13-20(21)30-23/h1-5,7,9-11,17H,6,8,12-15H2,(H,24,25,27). The Kier molecular flexibility index (Phi) is 5.37. The summed E-state index contributed by atoms with van der Waals surface area (Å²) in [5.74, 6) is -0.548. The average molecular weight is 454 g/mol. The number of fused-ring (bicyclic) bond motifs is 3. The molecule has 2 heterocycles. The minimum atomic E-state index is -3.60. The number of carbonyl (C=O) groups is 1. The summed E-state index contributed by atoms with van der Waals surface area (Å²) in [6, 6.07) is 16.6. The van der Waals surface area contributed by atoms with E-state index in [-0.39, 0.29) is 23.3 Å². The predicted molar refractivity (Wildman–Crippen MR) is 122 cm³/mol. The van der Waals surface area contributed by atoms with Crippen molar-refractivity contribution >= 4 is 32.4 Å². The predicted octanol–water partition coefficient (Wildman–Crippen LogP) is 3.95. The lowest BCUT2D eigenvalue weighted by Gasteiger charge is -2.31. The van der Waals surface area contributed by atoms with Gasteiger partial charge in [0.05, 0.1) is 16.5 Å². The van der Waals surface area contributed by atoms with Crippen LogP contribution in [-0.4, -0.2) is 36.7 Å². The SMILES string of the molecule is O=C(Nc1nc2c(s1)CCc1ccccc1-2)C1CCCN(S(=O)(=O)c2ccccc2)C1. The number of aromatic nitrogens is 1. The van der Waals surface area contributed by atoms with Gasteiger partial charge in [0.2, 0.25) is 15.9 Å². The Balaban J connectivity index is 1.31. The van der Waals surface area contributed by atoms with Gasteiger partial charge >= 0.3 is 0 Å². The van der Waals surface area contributed by atoms with Crippen LogP contribution < -0.4 is 5.32 Å². The van der Waals surface area contributed by atoms with Crippen LogP contribution in [0, 0.1) is 5.92 Å². The van der Waals surface area contributed by atoms with E-state index in [2.05, 4.69) is 17.4 Å². The van der Waals surface area contributed by atoms with Crippen molar-refractivity contribution in [1.82, 2.24) is 9.29 Å². The van der Waals surface area contributed by atoms with Crippen LogP contribution in [0.2, 0.25) is 0 Å². The minimum Gasteiger partial charge on any atom is -0.302 e. The number of carbonyl (C=O) groups excluding carboxylic acids is 1. The van der Waals surface area contributed by atoms with Crippen LogP contribution in [0.3, 0.4) is 0 Å². The van der Waals surface area contributed by atoms with Crippen LogP contribution in [0.25, 0.3) is 11.3 Å². The monoisotopic (exact) mass is 453 g/mol. The van der Waals surface area contributed by atoms with E-state index in [1.54, 1.807) is 30.3 Å². The molecule has 2 aliphatic rings. The molecule has 2 aromatic carbocycles. The second-order valence-electron chi connectivity index (χ2n) is 7.95. The van der Waals surface area contributed by atoms with Gasteiger partial charge in [0, 0.05) is 23.5 Å². The molecule has 0 radical (unpaired) electrons. The number of piperidine rings is 1. The zero-order chi connectivity index (χ0) is 21.4. The van der Waals surface area contributed by atoms with Gasteiger partial charge in [-0.05, 0) is 43.4 Å². The quantitative estimate of drug-likeness (QED) is 0.649. The summed E-state index contributed by atoms with van der Waals surface area (Å²) in [6.07, 6.45) is 3.23. The van der Waals surface area contributed by atoms with E-state index in [1.165, 1.54) is 26.1 Å². The molecule has 160 valence electrons. The largest absolute Gasteiger partial charge is 0.302 e. The van der Waals surface area contributed by atoms with E-state index >= 15 is 0 Å². The first kappa shape index (κ1) is 20.4. The normalized spacial score (nSPS) is 18.8. The second-order valence-corrected chi connectivity index (χ2v) is 11.0. The summed E-state index contributed by atoms with van der Waals surface area (Å²) in [5, 5.41) is 3.55. The number of rotatable bonds is 4. The van der Waals surface area contributed by atoms with Crippen LogP contribution in [-0.2, 0) is 27.7 Å². The lowest BCUT2D eigenvalue weighted by Crippen LogP contribution is -2.43. The maximum absolute atomic E-state index is 13.0. The molecule has 0 spiro atoms. The molecule has 0 bridgehead atoms. The summed E-state index contributed by atoms with van der Waals surface area (Å²) >= 11 is 1.52. The molecule has 3 aromatic rings. The molecule has 31 heavy (non-hydrogen) atoms. The van der Waals surface area contributed by atoms with Gasteiger partial charge < -0.3 is 5.32 Å². The van der Waals surface area contributed by atoms with Crippen molar-refractivity contribution in [3.8, 4) is 11.3 Å². The number of nitrogens with one attached hydrogen (secondary N) is 1. The number of amides is 1. The van der Waals surface area contributed by atoms with Gasteiger partial charge in [0.1, 0.15) is 0 Å². The summed E-state index contributed by atoms with van der Waals surface area (Å²) in [6.45, 7) is 0.625. The van der Waals surface area contributed by atoms with Crippen molar-refractivity contribution in [2.75, 3.05) is 18.4 Å². The molecule has 8 heteroatoms. The van der Waals surface area contributed by atoms with Crippen molar-refractivity contribution in [2.45, 2.75) is 30.6 Å². The highest BCUT2D eigenvalue weighted by Gasteiger charge is 2.33. The summed E-state index contributed by atoms with van der Waals surface area (Å²) in [5.41, 5.74) is 3.38. The fourth-order valence-corrected chi connectivity index (χ4v) is 6.85. The molecule has 1 aliphatic heterocycles. The van der Waals surface area contributed by atoms with Crippen molar-refractivity contribution in [3.05, 3.63) is 65.0 Å². The van der Waals surface area contributed by atoms with Gasteiger partial charge in [-0.15, -0.1) is 11.3 Å². The van der Waals surface area contributed by atoms with E-state index < -0.39 is 10.0 Å². The topological polar surface area (TPSA) is 79.4 Å². The Morgan fingerprint density at radius 2 is 1.84 bits per heavy atom. The van der Waals surface area contributed by atoms with Gasteiger partial charge in [-0.25, -0.2) is 13.4 Å². The lowest BCUT2D eigenvalue weighted by molar-refractivity contribution is -0.120. The van der Waals surface area contributed by atoms with Crippen LogP contribution in [0.1, 0.15) is 23.3 Å². The molecule has 1 unspecified atom stereocenters. The fourth-order valence-electron chi connectivity index (χ4n) is 4.33. The third-order valence-corrected chi connectivity index (χ3v) is 8.87. The highest BCUT2D eigenvalue weighted by Crippen LogP contribution is 2.38. The van der Waals surface area contributed by atoms with Gasteiger partial charge in [-0.1, -0.05) is 42.5 Å². The zero-order valence-electron chi connectivity index (χ0n) is 17.0. The minimum absolute atomic E-state index is 0.160. The van der Waals surface area contributed by atoms with E-state index in [0.29, 0.717) is 24.5 Å². The van der Waals surface area contributed by atoms with Crippen molar-refractivity contribution in [2.24, 2.45) is 5.92 Å². The number of anilines is 1. The number of thiazole rings is 1. The molecule has 1 saturated heterocycles. The first-order chi connectivity index (χ1) is 15.0. The molecular formula is C23H23N3O3S2. The molecule has 1 fully saturated rings. The number of hydrogen-bond acceptors (Lipinski definition) is 5. The maximum Gasteiger partial charge on any atom is 0.243 e. The summed E-state index contributed by atoms with van der Waals surface area (Å²) < 4.78 is 27.3. The third kappa shape index (κ3) is 3.91. The Morgan fingerprint density at radius 3 is 2.68 bits per heavy atom. The molecule has 5 rings (SSSR count). The number of benzene rings is 2. The highest BCUT2D eigenvalue weighted by atomic mass is 32.2. The first-order valence-corrected chi connectivity index (χ1v) is 12.7.